The lowest BCUT2D eigenvalue weighted by Crippen LogP contribution is -2.40. The third-order valence-corrected chi connectivity index (χ3v) is 6.41. The first-order valence-electron chi connectivity index (χ1n) is 11.5. The molecule has 2 fully saturated rings. The van der Waals surface area contributed by atoms with E-state index in [9.17, 15) is 14.4 Å². The minimum absolute atomic E-state index is 0.0414. The average molecular weight is 434 g/mol. The van der Waals surface area contributed by atoms with Crippen LogP contribution < -0.4 is 0 Å². The van der Waals surface area contributed by atoms with E-state index >= 15 is 0 Å². The van der Waals surface area contributed by atoms with Gasteiger partial charge in [-0.3, -0.25) is 14.4 Å². The summed E-state index contributed by atoms with van der Waals surface area (Å²) in [6.07, 6.45) is 2.28. The van der Waals surface area contributed by atoms with Gasteiger partial charge >= 0.3 is 0 Å². The van der Waals surface area contributed by atoms with Crippen molar-refractivity contribution in [2.24, 2.45) is 5.92 Å². The first kappa shape index (κ1) is 22.1. The maximum Gasteiger partial charge on any atom is 0.228 e. The molecule has 4 rings (SSSR count). The Morgan fingerprint density at radius 2 is 1.44 bits per heavy atom. The second kappa shape index (κ2) is 10.4. The summed E-state index contributed by atoms with van der Waals surface area (Å²) in [5.41, 5.74) is 2.24. The predicted molar refractivity (Wildman–Crippen MR) is 123 cm³/mol. The molecule has 0 N–H and O–H groups in total. The van der Waals surface area contributed by atoms with E-state index in [1.54, 1.807) is 4.90 Å². The van der Waals surface area contributed by atoms with Crippen molar-refractivity contribution in [2.75, 3.05) is 32.7 Å². The highest BCUT2D eigenvalue weighted by Crippen LogP contribution is 2.23. The van der Waals surface area contributed by atoms with Gasteiger partial charge < -0.3 is 14.7 Å². The average Bonchev–Trinajstić information content (AvgIpc) is 3.02. The number of likely N-dealkylation sites (tertiary alicyclic amines) is 1. The molecule has 2 aromatic carbocycles. The van der Waals surface area contributed by atoms with Gasteiger partial charge in [-0.1, -0.05) is 60.7 Å². The normalized spacial score (nSPS) is 19.2. The number of hydrogen-bond acceptors (Lipinski definition) is 3. The van der Waals surface area contributed by atoms with E-state index < -0.39 is 0 Å². The van der Waals surface area contributed by atoms with E-state index in [1.165, 1.54) is 5.56 Å². The van der Waals surface area contributed by atoms with Crippen LogP contribution in [0.1, 0.15) is 30.4 Å². The van der Waals surface area contributed by atoms with E-state index in [-0.39, 0.29) is 30.1 Å². The number of carbonyl (C=O) groups excluding carboxylic acids is 3. The summed E-state index contributed by atoms with van der Waals surface area (Å²) in [4.78, 5) is 43.8. The molecule has 0 spiro atoms. The van der Waals surface area contributed by atoms with Crippen molar-refractivity contribution in [1.82, 2.24) is 14.7 Å². The van der Waals surface area contributed by atoms with Crippen LogP contribution in [0.3, 0.4) is 0 Å². The zero-order chi connectivity index (χ0) is 22.3. The van der Waals surface area contributed by atoms with Gasteiger partial charge in [0.1, 0.15) is 0 Å². The Balaban J connectivity index is 1.27. The van der Waals surface area contributed by atoms with Gasteiger partial charge in [0, 0.05) is 52.1 Å². The standard InChI is InChI=1S/C26H31N3O3/c30-24(13-12-21-8-3-1-4-9-21)27-14-7-15-28(17-16-27)26(32)23-18-25(31)29(20-23)19-22-10-5-2-6-11-22/h1-6,8-11,23H,7,12-20H2. The predicted octanol–water partition coefficient (Wildman–Crippen LogP) is 2.73. The smallest absolute Gasteiger partial charge is 0.228 e. The van der Waals surface area contributed by atoms with Gasteiger partial charge in [-0.15, -0.1) is 0 Å². The van der Waals surface area contributed by atoms with Crippen LogP contribution in [0.25, 0.3) is 0 Å². The highest BCUT2D eigenvalue weighted by molar-refractivity contribution is 5.89. The van der Waals surface area contributed by atoms with Crippen molar-refractivity contribution >= 4 is 17.7 Å². The minimum atomic E-state index is -0.286. The second-order valence-corrected chi connectivity index (χ2v) is 8.71. The van der Waals surface area contributed by atoms with Crippen molar-refractivity contribution in [3.05, 3.63) is 71.8 Å². The van der Waals surface area contributed by atoms with Crippen molar-refractivity contribution in [2.45, 2.75) is 32.2 Å². The first-order chi connectivity index (χ1) is 15.6. The van der Waals surface area contributed by atoms with Gasteiger partial charge in [-0.25, -0.2) is 0 Å². The summed E-state index contributed by atoms with van der Waals surface area (Å²) in [5, 5.41) is 0. The lowest BCUT2D eigenvalue weighted by Gasteiger charge is -2.24. The van der Waals surface area contributed by atoms with E-state index in [2.05, 4.69) is 0 Å². The molecular formula is C26H31N3O3. The fourth-order valence-corrected chi connectivity index (χ4v) is 4.59. The van der Waals surface area contributed by atoms with Crippen molar-refractivity contribution in [3.63, 3.8) is 0 Å². The highest BCUT2D eigenvalue weighted by Gasteiger charge is 2.37. The van der Waals surface area contributed by atoms with Crippen LogP contribution >= 0.6 is 0 Å². The summed E-state index contributed by atoms with van der Waals surface area (Å²) in [7, 11) is 0. The lowest BCUT2D eigenvalue weighted by molar-refractivity contribution is -0.136. The Kier molecular flexibility index (Phi) is 7.20. The van der Waals surface area contributed by atoms with Crippen molar-refractivity contribution in [1.29, 1.82) is 0 Å². The van der Waals surface area contributed by atoms with Crippen LogP contribution in [0.4, 0.5) is 0 Å². The molecule has 0 aromatic heterocycles. The summed E-state index contributed by atoms with van der Waals surface area (Å²) >= 11 is 0. The Labute approximate surface area is 189 Å². The number of rotatable bonds is 6. The van der Waals surface area contributed by atoms with Gasteiger partial charge in [0.05, 0.1) is 5.92 Å². The first-order valence-corrected chi connectivity index (χ1v) is 11.5. The fraction of sp³-hybridized carbons (Fsp3) is 0.423. The number of aryl methyl sites for hydroxylation is 1. The Morgan fingerprint density at radius 1 is 0.812 bits per heavy atom. The van der Waals surface area contributed by atoms with Crippen molar-refractivity contribution < 1.29 is 14.4 Å². The molecule has 1 unspecified atom stereocenters. The van der Waals surface area contributed by atoms with Gasteiger partial charge in [0.15, 0.2) is 0 Å². The zero-order valence-corrected chi connectivity index (χ0v) is 18.5. The van der Waals surface area contributed by atoms with E-state index in [0.29, 0.717) is 45.7 Å². The fourth-order valence-electron chi connectivity index (χ4n) is 4.59. The second-order valence-electron chi connectivity index (χ2n) is 8.71. The topological polar surface area (TPSA) is 60.9 Å². The molecule has 3 amide bonds. The molecule has 0 aliphatic carbocycles. The maximum absolute atomic E-state index is 13.1. The molecule has 0 bridgehead atoms. The minimum Gasteiger partial charge on any atom is -0.341 e. The Bertz CT molecular complexity index is 932. The van der Waals surface area contributed by atoms with Gasteiger partial charge in [-0.2, -0.15) is 0 Å². The number of benzene rings is 2. The largest absolute Gasteiger partial charge is 0.341 e. The highest BCUT2D eigenvalue weighted by atomic mass is 16.2. The molecule has 32 heavy (non-hydrogen) atoms. The Hall–Kier alpha value is -3.15. The molecule has 0 saturated carbocycles. The number of nitrogens with zero attached hydrogens (tertiary/aromatic N) is 3. The van der Waals surface area contributed by atoms with E-state index in [1.807, 2.05) is 70.5 Å². The van der Waals surface area contributed by atoms with Crippen LogP contribution in [-0.2, 0) is 27.3 Å². The van der Waals surface area contributed by atoms with E-state index in [0.717, 1.165) is 18.4 Å². The van der Waals surface area contributed by atoms with Gasteiger partial charge in [0.25, 0.3) is 0 Å². The maximum atomic E-state index is 13.1. The number of amides is 3. The summed E-state index contributed by atoms with van der Waals surface area (Å²) in [6, 6.07) is 19.9. The van der Waals surface area contributed by atoms with Crippen LogP contribution in [0, 0.1) is 5.92 Å². The quantitative estimate of drug-likeness (QED) is 0.704. The molecule has 6 nitrogen and oxygen atoms in total. The molecule has 2 aliphatic rings. The number of carbonyl (C=O) groups is 3. The summed E-state index contributed by atoms with van der Waals surface area (Å²) < 4.78 is 0. The summed E-state index contributed by atoms with van der Waals surface area (Å²) in [6.45, 7) is 3.45. The molecule has 168 valence electrons. The third kappa shape index (κ3) is 5.55. The van der Waals surface area contributed by atoms with Crippen LogP contribution in [0.2, 0.25) is 0 Å². The lowest BCUT2D eigenvalue weighted by atomic mass is 10.1. The SMILES string of the molecule is O=C(CCc1ccccc1)N1CCCN(C(=O)C2CC(=O)N(Cc3ccccc3)C2)CC1. The number of hydrogen-bond donors (Lipinski definition) is 0. The molecule has 2 saturated heterocycles. The molecule has 2 heterocycles. The molecule has 1 atom stereocenters. The van der Waals surface area contributed by atoms with Gasteiger partial charge in [-0.05, 0) is 24.0 Å². The molecule has 2 aliphatic heterocycles. The van der Waals surface area contributed by atoms with E-state index in [4.69, 9.17) is 0 Å². The monoisotopic (exact) mass is 433 g/mol. The molecule has 2 aromatic rings. The van der Waals surface area contributed by atoms with Crippen LogP contribution in [-0.4, -0.2) is 65.1 Å². The summed E-state index contributed by atoms with van der Waals surface area (Å²) in [5.74, 6) is -0.0491. The van der Waals surface area contributed by atoms with Gasteiger partial charge in [0.2, 0.25) is 17.7 Å². The third-order valence-electron chi connectivity index (χ3n) is 6.41. The Morgan fingerprint density at radius 3 is 2.16 bits per heavy atom. The van der Waals surface area contributed by atoms with Crippen LogP contribution in [0.5, 0.6) is 0 Å². The molecule has 6 heteroatoms. The van der Waals surface area contributed by atoms with Crippen molar-refractivity contribution in [3.8, 4) is 0 Å². The molecule has 0 radical (unpaired) electrons. The van der Waals surface area contributed by atoms with Crippen LogP contribution in [0.15, 0.2) is 60.7 Å². The molecular weight excluding hydrogens is 402 g/mol. The zero-order valence-electron chi connectivity index (χ0n) is 18.5.